The van der Waals surface area contributed by atoms with Crippen molar-refractivity contribution in [1.29, 1.82) is 0 Å². The molecule has 0 amide bonds. The third-order valence-corrected chi connectivity index (χ3v) is 3.95. The van der Waals surface area contributed by atoms with E-state index in [2.05, 4.69) is 0 Å². The molecule has 0 aliphatic heterocycles. The van der Waals surface area contributed by atoms with Gasteiger partial charge in [0.1, 0.15) is 0 Å². The summed E-state index contributed by atoms with van der Waals surface area (Å²) in [6, 6.07) is 5.15. The van der Waals surface area contributed by atoms with E-state index in [1.807, 2.05) is 0 Å². The number of halogens is 9. The number of benzene rings is 1. The summed E-state index contributed by atoms with van der Waals surface area (Å²) in [7, 11) is 0. The van der Waals surface area contributed by atoms with Gasteiger partial charge in [-0.15, -0.1) is 0 Å². The molecule has 0 saturated heterocycles. The van der Waals surface area contributed by atoms with Gasteiger partial charge in [0.05, 0.1) is 12.0 Å². The zero-order chi connectivity index (χ0) is 20.8. The second-order valence-electron chi connectivity index (χ2n) is 6.58. The Bertz CT molecular complexity index is 633. The van der Waals surface area contributed by atoms with Gasteiger partial charge in [0.15, 0.2) is 0 Å². The Kier molecular flexibility index (Phi) is 5.75. The average Bonchev–Trinajstić information content (AvgIpc) is 2.44. The van der Waals surface area contributed by atoms with Crippen molar-refractivity contribution in [1.82, 2.24) is 0 Å². The van der Waals surface area contributed by atoms with Crippen LogP contribution >= 0.6 is 0 Å². The lowest BCUT2D eigenvalue weighted by molar-refractivity contribution is -0.400. The summed E-state index contributed by atoms with van der Waals surface area (Å²) in [4.78, 5) is 0. The van der Waals surface area contributed by atoms with Gasteiger partial charge in [-0.3, -0.25) is 0 Å². The first-order chi connectivity index (χ1) is 11.4. The topological polar surface area (TPSA) is 20.2 Å². The molecule has 150 valence electrons. The Labute approximate surface area is 143 Å². The quantitative estimate of drug-likeness (QED) is 0.596. The summed E-state index contributed by atoms with van der Waals surface area (Å²) in [5, 5.41) is 10.1. The lowest BCUT2D eigenvalue weighted by atomic mass is 9.84. The van der Waals surface area contributed by atoms with E-state index in [1.54, 1.807) is 19.9 Å². The van der Waals surface area contributed by atoms with Gasteiger partial charge < -0.3 is 5.11 Å². The number of rotatable bonds is 6. The summed E-state index contributed by atoms with van der Waals surface area (Å²) >= 11 is 0. The van der Waals surface area contributed by atoms with Crippen LogP contribution in [0.15, 0.2) is 24.3 Å². The van der Waals surface area contributed by atoms with E-state index in [1.165, 1.54) is 12.1 Å². The summed E-state index contributed by atoms with van der Waals surface area (Å²) in [6.07, 6.45) is -9.22. The Morgan fingerprint density at radius 2 is 1.38 bits per heavy atom. The number of alkyl halides is 9. The van der Waals surface area contributed by atoms with Crippen molar-refractivity contribution in [2.75, 3.05) is 0 Å². The molecule has 1 unspecified atom stereocenters. The van der Waals surface area contributed by atoms with Crippen LogP contribution in [-0.4, -0.2) is 29.1 Å². The summed E-state index contributed by atoms with van der Waals surface area (Å²) < 4.78 is 117. The molecule has 10 heteroatoms. The molecule has 0 aromatic heterocycles. The van der Waals surface area contributed by atoms with Crippen LogP contribution in [0.25, 0.3) is 0 Å². The standard InChI is InChI=1S/C16H17F9O/c1-9(2)10-5-4-6-11(7-10)12(3,26)8-13(17,18)14(19,20)15(21,22)16(23,24)25/h4-7,9,26H,8H2,1-3H3. The second kappa shape index (κ2) is 6.61. The minimum atomic E-state index is -6.97. The van der Waals surface area contributed by atoms with Gasteiger partial charge in [-0.1, -0.05) is 38.1 Å². The normalized spacial score (nSPS) is 16.7. The molecule has 1 N–H and O–H groups in total. The van der Waals surface area contributed by atoms with E-state index in [-0.39, 0.29) is 11.5 Å². The second-order valence-corrected chi connectivity index (χ2v) is 6.58. The van der Waals surface area contributed by atoms with Crippen LogP contribution in [0.2, 0.25) is 0 Å². The molecule has 0 bridgehead atoms. The minimum Gasteiger partial charge on any atom is -0.385 e. The molecule has 0 aliphatic carbocycles. The number of aliphatic hydroxyl groups is 1. The van der Waals surface area contributed by atoms with Crippen molar-refractivity contribution in [3.05, 3.63) is 35.4 Å². The van der Waals surface area contributed by atoms with Gasteiger partial charge >= 0.3 is 23.9 Å². The number of hydrogen-bond acceptors (Lipinski definition) is 1. The number of hydrogen-bond donors (Lipinski definition) is 1. The third-order valence-electron chi connectivity index (χ3n) is 3.95. The van der Waals surface area contributed by atoms with E-state index in [0.29, 0.717) is 12.5 Å². The Morgan fingerprint density at radius 3 is 1.81 bits per heavy atom. The van der Waals surface area contributed by atoms with E-state index in [4.69, 9.17) is 0 Å². The van der Waals surface area contributed by atoms with Crippen LogP contribution in [0.4, 0.5) is 39.5 Å². The van der Waals surface area contributed by atoms with E-state index in [0.717, 1.165) is 6.07 Å². The minimum absolute atomic E-state index is 0.137. The molecule has 0 spiro atoms. The van der Waals surface area contributed by atoms with Crippen LogP contribution in [-0.2, 0) is 5.60 Å². The lowest BCUT2D eigenvalue weighted by Crippen LogP contribution is -2.62. The maximum atomic E-state index is 13.8. The molecule has 1 aromatic carbocycles. The highest BCUT2D eigenvalue weighted by atomic mass is 19.4. The van der Waals surface area contributed by atoms with Gasteiger partial charge in [0.2, 0.25) is 0 Å². The fraction of sp³-hybridized carbons (Fsp3) is 0.625. The zero-order valence-electron chi connectivity index (χ0n) is 13.9. The molecular formula is C16H17F9O. The fourth-order valence-corrected chi connectivity index (χ4v) is 2.29. The van der Waals surface area contributed by atoms with Crippen molar-refractivity contribution >= 4 is 0 Å². The first-order valence-electron chi connectivity index (χ1n) is 7.40. The van der Waals surface area contributed by atoms with Crippen molar-refractivity contribution in [2.24, 2.45) is 0 Å². The first-order valence-corrected chi connectivity index (χ1v) is 7.40. The van der Waals surface area contributed by atoms with Gasteiger partial charge in [-0.05, 0) is 24.0 Å². The van der Waals surface area contributed by atoms with E-state index >= 15 is 0 Å². The predicted octanol–water partition coefficient (Wildman–Crippen LogP) is 5.88. The molecule has 1 atom stereocenters. The fourth-order valence-electron chi connectivity index (χ4n) is 2.29. The molecule has 0 heterocycles. The van der Waals surface area contributed by atoms with Crippen molar-refractivity contribution in [3.8, 4) is 0 Å². The SMILES string of the molecule is CC(C)c1cccc(C(C)(O)CC(F)(F)C(F)(F)C(F)(F)C(F)(F)F)c1. The van der Waals surface area contributed by atoms with Gasteiger partial charge in [0.25, 0.3) is 0 Å². The first kappa shape index (κ1) is 22.6. The van der Waals surface area contributed by atoms with Gasteiger partial charge in [0, 0.05) is 0 Å². The molecule has 0 saturated carbocycles. The molecule has 26 heavy (non-hydrogen) atoms. The van der Waals surface area contributed by atoms with Crippen LogP contribution in [0.5, 0.6) is 0 Å². The van der Waals surface area contributed by atoms with Crippen molar-refractivity contribution < 1.29 is 44.6 Å². The smallest absolute Gasteiger partial charge is 0.385 e. The lowest BCUT2D eigenvalue weighted by Gasteiger charge is -2.37. The maximum absolute atomic E-state index is 13.8. The largest absolute Gasteiger partial charge is 0.460 e. The molecule has 1 aromatic rings. The Balaban J connectivity index is 3.27. The average molecular weight is 396 g/mol. The van der Waals surface area contributed by atoms with Crippen LogP contribution in [0.3, 0.4) is 0 Å². The van der Waals surface area contributed by atoms with Gasteiger partial charge in [-0.25, -0.2) is 0 Å². The monoisotopic (exact) mass is 396 g/mol. The predicted molar refractivity (Wildman–Crippen MR) is 75.6 cm³/mol. The van der Waals surface area contributed by atoms with Gasteiger partial charge in [-0.2, -0.15) is 39.5 Å². The van der Waals surface area contributed by atoms with E-state index < -0.39 is 36.0 Å². The Hall–Kier alpha value is -1.45. The Morgan fingerprint density at radius 1 is 0.885 bits per heavy atom. The molecule has 0 fully saturated rings. The zero-order valence-corrected chi connectivity index (χ0v) is 13.9. The highest BCUT2D eigenvalue weighted by molar-refractivity contribution is 5.30. The van der Waals surface area contributed by atoms with Crippen molar-refractivity contribution in [2.45, 2.75) is 62.7 Å². The van der Waals surface area contributed by atoms with Crippen molar-refractivity contribution in [3.63, 3.8) is 0 Å². The van der Waals surface area contributed by atoms with E-state index in [9.17, 15) is 44.6 Å². The third kappa shape index (κ3) is 3.94. The summed E-state index contributed by atoms with van der Waals surface area (Å²) in [5.41, 5.74) is -2.56. The van der Waals surface area contributed by atoms with Crippen LogP contribution in [0.1, 0.15) is 44.2 Å². The molecule has 0 aliphatic rings. The van der Waals surface area contributed by atoms with Crippen LogP contribution < -0.4 is 0 Å². The summed E-state index contributed by atoms with van der Waals surface area (Å²) in [6.45, 7) is 4.06. The highest BCUT2D eigenvalue weighted by Crippen LogP contribution is 2.55. The highest BCUT2D eigenvalue weighted by Gasteiger charge is 2.81. The maximum Gasteiger partial charge on any atom is 0.460 e. The molecule has 1 nitrogen and oxygen atoms in total. The molecule has 1 rings (SSSR count). The molecular weight excluding hydrogens is 379 g/mol. The summed E-state index contributed by atoms with van der Waals surface area (Å²) in [5.74, 6) is -19.7. The molecule has 0 radical (unpaired) electrons. The van der Waals surface area contributed by atoms with Crippen LogP contribution in [0, 0.1) is 0 Å².